The molecule has 0 saturated carbocycles. The minimum Gasteiger partial charge on any atom is -0.396 e. The first-order valence-electron chi connectivity index (χ1n) is 6.06. The summed E-state index contributed by atoms with van der Waals surface area (Å²) in [7, 11) is 0. The lowest BCUT2D eigenvalue weighted by atomic mass is 10.0. The molecule has 0 bridgehead atoms. The smallest absolute Gasteiger partial charge is 0.220 e. The number of benzene rings is 1. The Balaban J connectivity index is 2.36. The van der Waals surface area contributed by atoms with Crippen LogP contribution in [0.25, 0.3) is 0 Å². The molecule has 0 aliphatic heterocycles. The lowest BCUT2D eigenvalue weighted by Crippen LogP contribution is -2.25. The van der Waals surface area contributed by atoms with E-state index >= 15 is 0 Å². The lowest BCUT2D eigenvalue weighted by Gasteiger charge is -2.06. The molecule has 0 fully saturated rings. The van der Waals surface area contributed by atoms with Gasteiger partial charge in [0.05, 0.1) is 0 Å². The summed E-state index contributed by atoms with van der Waals surface area (Å²) in [6.45, 7) is 4.81. The molecule has 0 saturated heterocycles. The summed E-state index contributed by atoms with van der Waals surface area (Å²) in [5.74, 6) is 0.0533. The fraction of sp³-hybridized carbons (Fsp3) is 0.500. The maximum Gasteiger partial charge on any atom is 0.220 e. The Hall–Kier alpha value is -1.35. The van der Waals surface area contributed by atoms with Gasteiger partial charge in [-0.15, -0.1) is 0 Å². The Morgan fingerprint density at radius 2 is 1.88 bits per heavy atom. The fourth-order valence-corrected chi connectivity index (χ4v) is 1.87. The van der Waals surface area contributed by atoms with Crippen molar-refractivity contribution in [3.63, 3.8) is 0 Å². The van der Waals surface area contributed by atoms with E-state index in [1.165, 1.54) is 16.7 Å². The molecule has 3 nitrogen and oxygen atoms in total. The molecule has 0 unspecified atom stereocenters. The SMILES string of the molecule is Cc1cc(C)cc(CCC(=O)NCCCO)c1. The van der Waals surface area contributed by atoms with Crippen molar-refractivity contribution in [3.8, 4) is 0 Å². The zero-order chi connectivity index (χ0) is 12.7. The summed E-state index contributed by atoms with van der Waals surface area (Å²) in [6, 6.07) is 6.37. The number of aryl methyl sites for hydroxylation is 3. The number of aliphatic hydroxyl groups is 1. The molecule has 0 atom stereocenters. The second kappa shape index (κ2) is 7.07. The van der Waals surface area contributed by atoms with Gasteiger partial charge in [-0.25, -0.2) is 0 Å². The molecule has 1 amide bonds. The predicted octanol–water partition coefficient (Wildman–Crippen LogP) is 1.73. The van der Waals surface area contributed by atoms with Crippen molar-refractivity contribution in [1.82, 2.24) is 5.32 Å². The van der Waals surface area contributed by atoms with E-state index in [-0.39, 0.29) is 12.5 Å². The minimum atomic E-state index is 0.0533. The van der Waals surface area contributed by atoms with E-state index in [4.69, 9.17) is 5.11 Å². The average molecular weight is 235 g/mol. The fourth-order valence-electron chi connectivity index (χ4n) is 1.87. The Morgan fingerprint density at radius 3 is 2.47 bits per heavy atom. The molecule has 17 heavy (non-hydrogen) atoms. The average Bonchev–Trinajstić information content (AvgIpc) is 2.25. The van der Waals surface area contributed by atoms with Crippen LogP contribution < -0.4 is 5.32 Å². The van der Waals surface area contributed by atoms with Crippen LogP contribution in [-0.4, -0.2) is 24.2 Å². The van der Waals surface area contributed by atoms with Gasteiger partial charge in [0.1, 0.15) is 0 Å². The number of rotatable bonds is 6. The van der Waals surface area contributed by atoms with E-state index < -0.39 is 0 Å². The van der Waals surface area contributed by atoms with Gasteiger partial charge in [-0.05, 0) is 32.3 Å². The number of carbonyl (C=O) groups is 1. The molecule has 0 radical (unpaired) electrons. The van der Waals surface area contributed by atoms with Crippen molar-refractivity contribution in [2.75, 3.05) is 13.2 Å². The number of aliphatic hydroxyl groups excluding tert-OH is 1. The quantitative estimate of drug-likeness (QED) is 0.738. The summed E-state index contributed by atoms with van der Waals surface area (Å²) in [5, 5.41) is 11.4. The molecule has 2 N–H and O–H groups in total. The van der Waals surface area contributed by atoms with E-state index in [1.807, 2.05) is 0 Å². The van der Waals surface area contributed by atoms with Crippen molar-refractivity contribution < 1.29 is 9.90 Å². The van der Waals surface area contributed by atoms with Gasteiger partial charge < -0.3 is 10.4 Å². The molecule has 94 valence electrons. The maximum atomic E-state index is 11.5. The highest BCUT2D eigenvalue weighted by Gasteiger charge is 2.02. The molecular weight excluding hydrogens is 214 g/mol. The first-order valence-corrected chi connectivity index (χ1v) is 6.06. The van der Waals surface area contributed by atoms with Crippen molar-refractivity contribution in [3.05, 3.63) is 34.9 Å². The largest absolute Gasteiger partial charge is 0.396 e. The summed E-state index contributed by atoms with van der Waals surface area (Å²) in [4.78, 5) is 11.5. The van der Waals surface area contributed by atoms with Gasteiger partial charge in [-0.1, -0.05) is 29.3 Å². The summed E-state index contributed by atoms with van der Waals surface area (Å²) in [5.41, 5.74) is 3.68. The molecule has 1 aromatic carbocycles. The minimum absolute atomic E-state index is 0.0533. The van der Waals surface area contributed by atoms with Crippen LogP contribution in [-0.2, 0) is 11.2 Å². The normalized spacial score (nSPS) is 10.3. The molecule has 0 heterocycles. The zero-order valence-corrected chi connectivity index (χ0v) is 10.6. The van der Waals surface area contributed by atoms with E-state index in [0.29, 0.717) is 19.4 Å². The standard InChI is InChI=1S/C14H21NO2/c1-11-8-12(2)10-13(9-11)4-5-14(17)15-6-3-7-16/h8-10,16H,3-7H2,1-2H3,(H,15,17). The van der Waals surface area contributed by atoms with Crippen LogP contribution in [0, 0.1) is 13.8 Å². The Labute approximate surface area is 103 Å². The molecule has 0 spiro atoms. The van der Waals surface area contributed by atoms with Crippen LogP contribution in [0.15, 0.2) is 18.2 Å². The van der Waals surface area contributed by atoms with Gasteiger partial charge in [0, 0.05) is 19.6 Å². The van der Waals surface area contributed by atoms with Crippen LogP contribution >= 0.6 is 0 Å². The zero-order valence-electron chi connectivity index (χ0n) is 10.6. The molecule has 0 aliphatic carbocycles. The van der Waals surface area contributed by atoms with E-state index in [9.17, 15) is 4.79 Å². The van der Waals surface area contributed by atoms with Gasteiger partial charge in [0.2, 0.25) is 5.91 Å². The molecule has 0 aliphatic rings. The molecular formula is C14H21NO2. The van der Waals surface area contributed by atoms with Gasteiger partial charge in [0.15, 0.2) is 0 Å². The molecule has 1 aromatic rings. The van der Waals surface area contributed by atoms with Crippen molar-refractivity contribution in [2.24, 2.45) is 0 Å². The first-order chi connectivity index (χ1) is 8.11. The third-order valence-electron chi connectivity index (χ3n) is 2.58. The van der Waals surface area contributed by atoms with Crippen molar-refractivity contribution >= 4 is 5.91 Å². The highest BCUT2D eigenvalue weighted by molar-refractivity contribution is 5.76. The van der Waals surface area contributed by atoms with Crippen LogP contribution in [0.3, 0.4) is 0 Å². The van der Waals surface area contributed by atoms with E-state index in [0.717, 1.165) is 6.42 Å². The second-order valence-electron chi connectivity index (χ2n) is 4.42. The number of amides is 1. The van der Waals surface area contributed by atoms with Crippen LogP contribution in [0.5, 0.6) is 0 Å². The Morgan fingerprint density at radius 1 is 1.24 bits per heavy atom. The monoisotopic (exact) mass is 235 g/mol. The van der Waals surface area contributed by atoms with Gasteiger partial charge in [0.25, 0.3) is 0 Å². The highest BCUT2D eigenvalue weighted by atomic mass is 16.3. The first kappa shape index (κ1) is 13.7. The maximum absolute atomic E-state index is 11.5. The number of hydrogen-bond acceptors (Lipinski definition) is 2. The second-order valence-corrected chi connectivity index (χ2v) is 4.42. The third-order valence-corrected chi connectivity index (χ3v) is 2.58. The highest BCUT2D eigenvalue weighted by Crippen LogP contribution is 2.10. The topological polar surface area (TPSA) is 49.3 Å². The van der Waals surface area contributed by atoms with Crippen LogP contribution in [0.1, 0.15) is 29.5 Å². The molecule has 1 rings (SSSR count). The molecule has 0 aromatic heterocycles. The molecule has 3 heteroatoms. The Kier molecular flexibility index (Phi) is 5.70. The number of hydrogen-bond donors (Lipinski definition) is 2. The predicted molar refractivity (Wildman–Crippen MR) is 68.9 cm³/mol. The lowest BCUT2D eigenvalue weighted by molar-refractivity contribution is -0.121. The third kappa shape index (κ3) is 5.50. The van der Waals surface area contributed by atoms with Crippen molar-refractivity contribution in [2.45, 2.75) is 33.1 Å². The van der Waals surface area contributed by atoms with Crippen LogP contribution in [0.4, 0.5) is 0 Å². The van der Waals surface area contributed by atoms with E-state index in [1.54, 1.807) is 0 Å². The van der Waals surface area contributed by atoms with Gasteiger partial charge in [-0.3, -0.25) is 4.79 Å². The van der Waals surface area contributed by atoms with Crippen LogP contribution in [0.2, 0.25) is 0 Å². The van der Waals surface area contributed by atoms with Gasteiger partial charge >= 0.3 is 0 Å². The van der Waals surface area contributed by atoms with Gasteiger partial charge in [-0.2, -0.15) is 0 Å². The van der Waals surface area contributed by atoms with E-state index in [2.05, 4.69) is 37.4 Å². The number of nitrogens with one attached hydrogen (secondary N) is 1. The summed E-state index contributed by atoms with van der Waals surface area (Å²) < 4.78 is 0. The Bertz CT molecular complexity index is 354. The van der Waals surface area contributed by atoms with Crippen molar-refractivity contribution in [1.29, 1.82) is 0 Å². The summed E-state index contributed by atoms with van der Waals surface area (Å²) >= 11 is 0. The number of carbonyl (C=O) groups excluding carboxylic acids is 1. The summed E-state index contributed by atoms with van der Waals surface area (Å²) in [6.07, 6.45) is 1.90.